The molecule has 1 aliphatic rings. The van der Waals surface area contributed by atoms with Crippen molar-refractivity contribution in [2.45, 2.75) is 11.4 Å². The number of nitrogens with two attached hydrogens (primary N) is 1. The average molecular weight is 550 g/mol. The van der Waals surface area contributed by atoms with Gasteiger partial charge in [0.2, 0.25) is 0 Å². The highest BCUT2D eigenvalue weighted by atomic mass is 35.5. The second-order valence-corrected chi connectivity index (χ2v) is 8.32. The zero-order valence-electron chi connectivity index (χ0n) is 18.5. The molecule has 1 fully saturated rings. The van der Waals surface area contributed by atoms with Crippen LogP contribution in [0.4, 0.5) is 5.69 Å². The van der Waals surface area contributed by atoms with Gasteiger partial charge in [0.1, 0.15) is 12.4 Å². The molecular weight excluding hydrogens is 525 g/mol. The first-order valence-electron chi connectivity index (χ1n) is 10.3. The number of hydrogen-bond donors (Lipinski definition) is 2. The van der Waals surface area contributed by atoms with Crippen LogP contribution in [0.5, 0.6) is 0 Å². The van der Waals surface area contributed by atoms with E-state index in [2.05, 4.69) is 10.2 Å². The van der Waals surface area contributed by atoms with E-state index in [1.807, 2.05) is 4.90 Å². The van der Waals surface area contributed by atoms with Gasteiger partial charge in [-0.15, -0.1) is 22.5 Å². The van der Waals surface area contributed by atoms with Crippen molar-refractivity contribution in [3.63, 3.8) is 0 Å². The minimum Gasteiger partial charge on any atom is -0.467 e. The molecular formula is C20H25Cl2N5O7S. The van der Waals surface area contributed by atoms with E-state index in [4.69, 9.17) is 25.9 Å². The van der Waals surface area contributed by atoms with Crippen molar-refractivity contribution < 1.29 is 28.7 Å². The number of nitrogens with zero attached hydrogens (tertiary/aromatic N) is 3. The zero-order chi connectivity index (χ0) is 24.5. The molecule has 3 rings (SSSR count). The summed E-state index contributed by atoms with van der Waals surface area (Å²) >= 11 is 7.13. The van der Waals surface area contributed by atoms with Gasteiger partial charge in [0.15, 0.2) is 6.61 Å². The van der Waals surface area contributed by atoms with Gasteiger partial charge in [-0.1, -0.05) is 11.6 Å². The van der Waals surface area contributed by atoms with Crippen LogP contribution in [-0.4, -0.2) is 72.7 Å². The Morgan fingerprint density at radius 3 is 2.66 bits per heavy atom. The van der Waals surface area contributed by atoms with E-state index in [1.54, 1.807) is 29.4 Å². The van der Waals surface area contributed by atoms with E-state index in [-0.39, 0.29) is 30.5 Å². The fourth-order valence-electron chi connectivity index (χ4n) is 3.32. The number of rotatable bonds is 11. The summed E-state index contributed by atoms with van der Waals surface area (Å²) in [5, 5.41) is 18.5. The maximum Gasteiger partial charge on any atom is 0.340 e. The van der Waals surface area contributed by atoms with Crippen LogP contribution in [0, 0.1) is 10.1 Å². The van der Waals surface area contributed by atoms with Gasteiger partial charge >= 0.3 is 5.97 Å². The summed E-state index contributed by atoms with van der Waals surface area (Å²) in [4.78, 5) is 43.9. The number of esters is 1. The number of benzene rings is 1. The predicted molar refractivity (Wildman–Crippen MR) is 131 cm³/mol. The summed E-state index contributed by atoms with van der Waals surface area (Å²) < 4.78 is 10.6. The van der Waals surface area contributed by atoms with Gasteiger partial charge in [0.05, 0.1) is 29.1 Å². The Bertz CT molecular complexity index is 1000. The number of amides is 1. The Hall–Kier alpha value is -2.71. The molecule has 1 saturated heterocycles. The summed E-state index contributed by atoms with van der Waals surface area (Å²) in [7, 11) is 0. The van der Waals surface area contributed by atoms with Gasteiger partial charge in [-0.2, -0.15) is 0 Å². The summed E-state index contributed by atoms with van der Waals surface area (Å²) in [6.07, 6.45) is 1.54. The Kier molecular flexibility index (Phi) is 11.4. The second kappa shape index (κ2) is 14.0. The first kappa shape index (κ1) is 28.5. The van der Waals surface area contributed by atoms with Gasteiger partial charge in [-0.25, -0.2) is 4.79 Å². The molecule has 1 aromatic carbocycles. The molecule has 1 aliphatic heterocycles. The third kappa shape index (κ3) is 8.47. The summed E-state index contributed by atoms with van der Waals surface area (Å²) in [6, 6.07) is 6.61. The van der Waals surface area contributed by atoms with E-state index in [0.29, 0.717) is 60.6 Å². The maximum atomic E-state index is 12.8. The van der Waals surface area contributed by atoms with Crippen LogP contribution in [0.15, 0.2) is 39.8 Å². The third-order valence-electron chi connectivity index (χ3n) is 5.11. The van der Waals surface area contributed by atoms with Crippen LogP contribution in [0.2, 0.25) is 5.02 Å². The quantitative estimate of drug-likeness (QED) is 0.184. The highest BCUT2D eigenvalue weighted by molar-refractivity contribution is 7.97. The molecule has 35 heavy (non-hydrogen) atoms. The minimum atomic E-state index is -0.831. The van der Waals surface area contributed by atoms with Gasteiger partial charge in [0, 0.05) is 37.6 Å². The standard InChI is InChI=1S/C20H24ClN5O7S.ClH/c21-16-11-17(23-12-14-2-1-8-31-14)15(10-18(16)34-22)20(28)32-13-19(27)25-5-3-24(4-6-25)7-9-33-26(29)30;/h1-2,8,10-11,23H,3-7,9,12-13,22H2;1H. The normalized spacial score (nSPS) is 13.6. The summed E-state index contributed by atoms with van der Waals surface area (Å²) in [5.74, 6) is -0.369. The number of nitrogens with one attached hydrogen (secondary N) is 1. The molecule has 2 heterocycles. The Morgan fingerprint density at radius 1 is 1.29 bits per heavy atom. The van der Waals surface area contributed by atoms with Crippen LogP contribution in [0.25, 0.3) is 0 Å². The molecule has 2 aromatic rings. The van der Waals surface area contributed by atoms with Crippen LogP contribution in [0.3, 0.4) is 0 Å². The number of carbonyl (C=O) groups excluding carboxylic acids is 2. The number of ether oxygens (including phenoxy) is 1. The molecule has 0 bridgehead atoms. The molecule has 12 nitrogen and oxygen atoms in total. The summed E-state index contributed by atoms with van der Waals surface area (Å²) in [6.45, 7) is 2.16. The van der Waals surface area contributed by atoms with Crippen molar-refractivity contribution in [3.05, 3.63) is 57.0 Å². The molecule has 1 amide bonds. The second-order valence-electron chi connectivity index (χ2n) is 7.23. The van der Waals surface area contributed by atoms with Crippen molar-refractivity contribution in [2.24, 2.45) is 5.14 Å². The van der Waals surface area contributed by atoms with Crippen LogP contribution >= 0.6 is 36.0 Å². The first-order chi connectivity index (χ1) is 16.4. The van der Waals surface area contributed by atoms with E-state index >= 15 is 0 Å². The lowest BCUT2D eigenvalue weighted by Gasteiger charge is -2.34. The SMILES string of the molecule is Cl.NSc1cc(C(=O)OCC(=O)N2CCN(CCO[N+](=O)[O-])CC2)c(NCc2ccco2)cc1Cl. The first-order valence-corrected chi connectivity index (χ1v) is 11.5. The maximum absolute atomic E-state index is 12.8. The Morgan fingerprint density at radius 2 is 2.03 bits per heavy atom. The Labute approximate surface area is 216 Å². The zero-order valence-corrected chi connectivity index (χ0v) is 20.9. The fraction of sp³-hybridized carbons (Fsp3) is 0.400. The fourth-order valence-corrected chi connectivity index (χ4v) is 3.97. The van der Waals surface area contributed by atoms with Gasteiger partial charge in [0.25, 0.3) is 11.0 Å². The monoisotopic (exact) mass is 549 g/mol. The van der Waals surface area contributed by atoms with Gasteiger partial charge in [-0.3, -0.25) is 14.8 Å². The van der Waals surface area contributed by atoms with E-state index in [9.17, 15) is 19.7 Å². The molecule has 3 N–H and O–H groups in total. The average Bonchev–Trinajstić information content (AvgIpc) is 3.35. The van der Waals surface area contributed by atoms with E-state index < -0.39 is 17.7 Å². The Balaban J connectivity index is 0.00000432. The number of hydrogen-bond acceptors (Lipinski definition) is 11. The molecule has 192 valence electrons. The van der Waals surface area contributed by atoms with Crippen LogP contribution in [-0.2, 0) is 20.9 Å². The number of furan rings is 1. The third-order valence-corrected chi connectivity index (χ3v) is 6.12. The summed E-state index contributed by atoms with van der Waals surface area (Å²) in [5.41, 5.74) is 0.606. The number of piperazine rings is 1. The molecule has 0 atom stereocenters. The molecule has 0 unspecified atom stereocenters. The van der Waals surface area contributed by atoms with Gasteiger partial charge in [-0.05, 0) is 36.2 Å². The van der Waals surface area contributed by atoms with Crippen LogP contribution in [0.1, 0.15) is 16.1 Å². The lowest BCUT2D eigenvalue weighted by molar-refractivity contribution is -0.757. The van der Waals surface area contributed by atoms with Crippen LogP contribution < -0.4 is 10.5 Å². The molecule has 1 aromatic heterocycles. The molecule has 0 radical (unpaired) electrons. The highest BCUT2D eigenvalue weighted by Gasteiger charge is 2.23. The predicted octanol–water partition coefficient (Wildman–Crippen LogP) is 2.44. The van der Waals surface area contributed by atoms with E-state index in [0.717, 1.165) is 11.9 Å². The lowest BCUT2D eigenvalue weighted by Crippen LogP contribution is -2.50. The topological polar surface area (TPSA) is 153 Å². The number of anilines is 1. The molecule has 15 heteroatoms. The smallest absolute Gasteiger partial charge is 0.340 e. The molecule has 0 aliphatic carbocycles. The number of carbonyl (C=O) groups is 2. The van der Waals surface area contributed by atoms with Gasteiger partial charge < -0.3 is 24.2 Å². The highest BCUT2D eigenvalue weighted by Crippen LogP contribution is 2.31. The molecule has 0 spiro atoms. The molecule has 0 saturated carbocycles. The minimum absolute atomic E-state index is 0. The van der Waals surface area contributed by atoms with Crippen molar-refractivity contribution in [1.29, 1.82) is 0 Å². The van der Waals surface area contributed by atoms with Crippen molar-refractivity contribution in [1.82, 2.24) is 9.80 Å². The van der Waals surface area contributed by atoms with Crippen molar-refractivity contribution in [3.8, 4) is 0 Å². The number of halogens is 2. The largest absolute Gasteiger partial charge is 0.467 e. The van der Waals surface area contributed by atoms with E-state index in [1.165, 1.54) is 6.07 Å². The van der Waals surface area contributed by atoms with Crippen molar-refractivity contribution >= 4 is 53.5 Å². The lowest BCUT2D eigenvalue weighted by atomic mass is 10.1. The van der Waals surface area contributed by atoms with Crippen molar-refractivity contribution in [2.75, 3.05) is 51.3 Å².